The molecule has 0 spiro atoms. The van der Waals surface area contributed by atoms with Gasteiger partial charge in [0.15, 0.2) is 11.0 Å². The number of primary amides is 1. The van der Waals surface area contributed by atoms with Gasteiger partial charge in [-0.2, -0.15) is 0 Å². The van der Waals surface area contributed by atoms with Crippen molar-refractivity contribution in [3.8, 4) is 11.4 Å². The van der Waals surface area contributed by atoms with Crippen LogP contribution in [0.4, 0.5) is 5.00 Å². The van der Waals surface area contributed by atoms with Crippen LogP contribution in [0.25, 0.3) is 11.4 Å². The van der Waals surface area contributed by atoms with Crippen LogP contribution < -0.4 is 11.1 Å². The maximum Gasteiger partial charge on any atom is 0.251 e. The van der Waals surface area contributed by atoms with Gasteiger partial charge in [0.1, 0.15) is 5.00 Å². The summed E-state index contributed by atoms with van der Waals surface area (Å²) in [5.41, 5.74) is 7.89. The summed E-state index contributed by atoms with van der Waals surface area (Å²) in [6, 6.07) is 3.71. The van der Waals surface area contributed by atoms with Gasteiger partial charge in [-0.1, -0.05) is 17.8 Å². The number of anilines is 1. The molecule has 154 valence electrons. The zero-order valence-electron chi connectivity index (χ0n) is 16.1. The number of nitrogens with zero attached hydrogens (tertiary/aromatic N) is 4. The summed E-state index contributed by atoms with van der Waals surface area (Å²) in [7, 11) is 0. The van der Waals surface area contributed by atoms with E-state index in [4.69, 9.17) is 5.73 Å². The van der Waals surface area contributed by atoms with Crippen molar-refractivity contribution in [2.75, 3.05) is 11.1 Å². The topological polar surface area (TPSA) is 116 Å². The van der Waals surface area contributed by atoms with Crippen LogP contribution >= 0.6 is 23.1 Å². The number of hydrogen-bond donors (Lipinski definition) is 2. The number of thioether (sulfide) groups is 1. The molecule has 10 heteroatoms. The van der Waals surface area contributed by atoms with E-state index in [1.165, 1.54) is 23.1 Å². The number of rotatable bonds is 8. The van der Waals surface area contributed by atoms with E-state index in [1.807, 2.05) is 16.7 Å². The molecule has 4 rings (SSSR count). The standard InChI is InChI=1S/C20H20N6O2S2/c1-2-10-26-18(12-6-8-22-9-7-12)24-25-20(26)29-11-15(27)23-19-16(17(21)28)13-4-3-5-14(13)30-19/h2,6-9H,1,3-5,10-11H2,(H2,21,28)(H,23,27). The van der Waals surface area contributed by atoms with E-state index < -0.39 is 5.91 Å². The van der Waals surface area contributed by atoms with Crippen molar-refractivity contribution in [1.82, 2.24) is 19.7 Å². The zero-order chi connectivity index (χ0) is 21.1. The average Bonchev–Trinajstić information content (AvgIpc) is 3.42. The minimum Gasteiger partial charge on any atom is -0.365 e. The molecule has 0 bridgehead atoms. The van der Waals surface area contributed by atoms with Crippen LogP contribution in [-0.2, 0) is 24.2 Å². The van der Waals surface area contributed by atoms with Gasteiger partial charge < -0.3 is 11.1 Å². The molecule has 8 nitrogen and oxygen atoms in total. The first kappa shape index (κ1) is 20.3. The SMILES string of the molecule is C=CCn1c(SCC(=O)Nc2sc3c(c2C(N)=O)CCC3)nnc1-c1ccncc1. The third-order valence-electron chi connectivity index (χ3n) is 4.72. The predicted molar refractivity (Wildman–Crippen MR) is 118 cm³/mol. The van der Waals surface area contributed by atoms with Gasteiger partial charge in [-0.25, -0.2) is 0 Å². The normalized spacial score (nSPS) is 12.5. The fourth-order valence-electron chi connectivity index (χ4n) is 3.45. The first-order valence-corrected chi connectivity index (χ1v) is 11.2. The average molecular weight is 441 g/mol. The molecule has 0 saturated carbocycles. The lowest BCUT2D eigenvalue weighted by atomic mass is 10.1. The molecule has 0 saturated heterocycles. The Morgan fingerprint density at radius 2 is 2.10 bits per heavy atom. The molecule has 0 atom stereocenters. The third kappa shape index (κ3) is 4.01. The van der Waals surface area contributed by atoms with E-state index in [-0.39, 0.29) is 11.7 Å². The summed E-state index contributed by atoms with van der Waals surface area (Å²) in [5, 5.41) is 12.5. The molecule has 0 aliphatic heterocycles. The van der Waals surface area contributed by atoms with E-state index >= 15 is 0 Å². The number of fused-ring (bicyclic) bond motifs is 1. The number of pyridine rings is 1. The molecule has 30 heavy (non-hydrogen) atoms. The van der Waals surface area contributed by atoms with E-state index in [0.717, 1.165) is 35.3 Å². The molecular formula is C20H20N6O2S2. The number of thiophene rings is 1. The fraction of sp³-hybridized carbons (Fsp3) is 0.250. The number of carbonyl (C=O) groups excluding carboxylic acids is 2. The van der Waals surface area contributed by atoms with Crippen molar-refractivity contribution in [3.63, 3.8) is 0 Å². The summed E-state index contributed by atoms with van der Waals surface area (Å²) in [6.45, 7) is 4.31. The maximum atomic E-state index is 12.6. The van der Waals surface area contributed by atoms with Gasteiger partial charge in [-0.15, -0.1) is 28.1 Å². The van der Waals surface area contributed by atoms with Crippen molar-refractivity contribution in [2.45, 2.75) is 31.0 Å². The Labute approximate surface area is 181 Å². The lowest BCUT2D eigenvalue weighted by Crippen LogP contribution is -2.19. The quantitative estimate of drug-likeness (QED) is 0.411. The third-order valence-corrected chi connectivity index (χ3v) is 6.89. The number of allylic oxidation sites excluding steroid dienone is 1. The Kier molecular flexibility index (Phi) is 5.96. The van der Waals surface area contributed by atoms with Crippen LogP contribution in [0, 0.1) is 0 Å². The molecule has 3 aromatic heterocycles. The number of aromatic nitrogens is 4. The van der Waals surface area contributed by atoms with Crippen molar-refractivity contribution < 1.29 is 9.59 Å². The van der Waals surface area contributed by atoms with E-state index in [0.29, 0.717) is 28.1 Å². The van der Waals surface area contributed by atoms with Crippen molar-refractivity contribution in [2.24, 2.45) is 5.73 Å². The fourth-order valence-corrected chi connectivity index (χ4v) is 5.51. The first-order chi connectivity index (χ1) is 14.6. The second kappa shape index (κ2) is 8.80. The van der Waals surface area contributed by atoms with Crippen LogP contribution in [0.5, 0.6) is 0 Å². The van der Waals surface area contributed by atoms with E-state index in [2.05, 4.69) is 27.1 Å². The molecule has 0 radical (unpaired) electrons. The highest BCUT2D eigenvalue weighted by Crippen LogP contribution is 2.39. The minimum absolute atomic E-state index is 0.131. The largest absolute Gasteiger partial charge is 0.365 e. The molecular weight excluding hydrogens is 420 g/mol. The minimum atomic E-state index is -0.495. The summed E-state index contributed by atoms with van der Waals surface area (Å²) in [5.74, 6) is 0.101. The second-order valence-electron chi connectivity index (χ2n) is 6.70. The Morgan fingerprint density at radius 1 is 1.30 bits per heavy atom. The number of amides is 2. The van der Waals surface area contributed by atoms with Gasteiger partial charge in [0.2, 0.25) is 5.91 Å². The van der Waals surface area contributed by atoms with Gasteiger partial charge >= 0.3 is 0 Å². The van der Waals surface area contributed by atoms with Gasteiger partial charge in [0.05, 0.1) is 11.3 Å². The highest BCUT2D eigenvalue weighted by molar-refractivity contribution is 7.99. The molecule has 3 aromatic rings. The molecule has 2 amide bonds. The number of nitrogens with two attached hydrogens (primary N) is 1. The Hall–Kier alpha value is -2.98. The van der Waals surface area contributed by atoms with Crippen LogP contribution in [-0.4, -0.2) is 37.3 Å². The summed E-state index contributed by atoms with van der Waals surface area (Å²) in [6.07, 6.45) is 7.91. The number of aryl methyl sites for hydroxylation is 1. The molecule has 3 N–H and O–H groups in total. The smallest absolute Gasteiger partial charge is 0.251 e. The molecule has 0 fully saturated rings. The first-order valence-electron chi connectivity index (χ1n) is 9.40. The molecule has 0 aromatic carbocycles. The summed E-state index contributed by atoms with van der Waals surface area (Å²) in [4.78, 5) is 29.6. The predicted octanol–water partition coefficient (Wildman–Crippen LogP) is 2.91. The Morgan fingerprint density at radius 3 is 2.83 bits per heavy atom. The second-order valence-corrected chi connectivity index (χ2v) is 8.75. The van der Waals surface area contributed by atoms with Crippen molar-refractivity contribution in [1.29, 1.82) is 0 Å². The number of nitrogens with one attached hydrogen (secondary N) is 1. The number of hydrogen-bond acceptors (Lipinski definition) is 7. The molecule has 1 aliphatic rings. The maximum absolute atomic E-state index is 12.6. The molecule has 0 unspecified atom stereocenters. The lowest BCUT2D eigenvalue weighted by molar-refractivity contribution is -0.113. The Balaban J connectivity index is 1.48. The van der Waals surface area contributed by atoms with Crippen LogP contribution in [0.15, 0.2) is 42.3 Å². The van der Waals surface area contributed by atoms with Gasteiger partial charge in [-0.3, -0.25) is 19.1 Å². The monoisotopic (exact) mass is 440 g/mol. The highest BCUT2D eigenvalue weighted by Gasteiger charge is 2.26. The van der Waals surface area contributed by atoms with Crippen LogP contribution in [0.3, 0.4) is 0 Å². The zero-order valence-corrected chi connectivity index (χ0v) is 17.8. The van der Waals surface area contributed by atoms with E-state index in [9.17, 15) is 9.59 Å². The van der Waals surface area contributed by atoms with Crippen LogP contribution in [0.1, 0.15) is 27.2 Å². The van der Waals surface area contributed by atoms with Gasteiger partial charge in [0.25, 0.3) is 5.91 Å². The highest BCUT2D eigenvalue weighted by atomic mass is 32.2. The molecule has 1 aliphatic carbocycles. The van der Waals surface area contributed by atoms with Crippen molar-refractivity contribution >= 4 is 39.9 Å². The molecule has 3 heterocycles. The lowest BCUT2D eigenvalue weighted by Gasteiger charge is -2.08. The summed E-state index contributed by atoms with van der Waals surface area (Å²) < 4.78 is 1.90. The van der Waals surface area contributed by atoms with Crippen LogP contribution in [0.2, 0.25) is 0 Å². The van der Waals surface area contributed by atoms with Gasteiger partial charge in [-0.05, 0) is 37.0 Å². The van der Waals surface area contributed by atoms with Gasteiger partial charge in [0, 0.05) is 29.4 Å². The van der Waals surface area contributed by atoms with E-state index in [1.54, 1.807) is 18.5 Å². The number of carbonyl (C=O) groups is 2. The Bertz CT molecular complexity index is 1110. The van der Waals surface area contributed by atoms with Crippen molar-refractivity contribution in [3.05, 3.63) is 53.2 Å². The summed E-state index contributed by atoms with van der Waals surface area (Å²) >= 11 is 2.72.